The minimum absolute atomic E-state index is 0.0345. The first-order chi connectivity index (χ1) is 7.97. The van der Waals surface area contributed by atoms with Gasteiger partial charge in [0, 0.05) is 12.1 Å². The molecule has 98 valence electrons. The molecule has 1 saturated heterocycles. The second-order valence-electron chi connectivity index (χ2n) is 5.16. The number of unbranched alkanes of at least 4 members (excludes halogenated alkanes) is 1. The Labute approximate surface area is 104 Å². The van der Waals surface area contributed by atoms with Crippen molar-refractivity contribution in [3.8, 4) is 0 Å². The standard InChI is InChI=1S/C13H24N2O2/c1-5-6-7-10(4)14-11-8-12(16)15(9(2)3)13(11)17/h9-11,14H,5-8H2,1-4H3. The Balaban J connectivity index is 2.51. The van der Waals surface area contributed by atoms with Gasteiger partial charge in [0.1, 0.15) is 0 Å². The van der Waals surface area contributed by atoms with Crippen LogP contribution in [0.4, 0.5) is 0 Å². The van der Waals surface area contributed by atoms with Crippen molar-refractivity contribution < 1.29 is 9.59 Å². The monoisotopic (exact) mass is 240 g/mol. The normalized spacial score (nSPS) is 22.6. The van der Waals surface area contributed by atoms with Crippen molar-refractivity contribution >= 4 is 11.8 Å². The highest BCUT2D eigenvalue weighted by Gasteiger charge is 2.39. The van der Waals surface area contributed by atoms with Gasteiger partial charge in [0.2, 0.25) is 11.8 Å². The number of carbonyl (C=O) groups excluding carboxylic acids is 2. The molecule has 17 heavy (non-hydrogen) atoms. The van der Waals surface area contributed by atoms with Crippen molar-refractivity contribution in [3.63, 3.8) is 0 Å². The van der Waals surface area contributed by atoms with Gasteiger partial charge in [0.15, 0.2) is 0 Å². The molecule has 1 aliphatic rings. The summed E-state index contributed by atoms with van der Waals surface area (Å²) in [5, 5.41) is 3.27. The summed E-state index contributed by atoms with van der Waals surface area (Å²) in [6.07, 6.45) is 3.67. The molecule has 1 N–H and O–H groups in total. The molecular formula is C13H24N2O2. The zero-order valence-electron chi connectivity index (χ0n) is 11.3. The molecule has 0 bridgehead atoms. The Morgan fingerprint density at radius 1 is 1.35 bits per heavy atom. The highest BCUT2D eigenvalue weighted by atomic mass is 16.2. The van der Waals surface area contributed by atoms with Gasteiger partial charge in [-0.3, -0.25) is 14.5 Å². The van der Waals surface area contributed by atoms with Gasteiger partial charge >= 0.3 is 0 Å². The maximum Gasteiger partial charge on any atom is 0.247 e. The highest BCUT2D eigenvalue weighted by molar-refractivity contribution is 6.05. The largest absolute Gasteiger partial charge is 0.303 e. The fourth-order valence-corrected chi connectivity index (χ4v) is 2.26. The Kier molecular flexibility index (Phi) is 5.12. The molecule has 0 aromatic heterocycles. The molecule has 4 nitrogen and oxygen atoms in total. The topological polar surface area (TPSA) is 49.4 Å². The maximum absolute atomic E-state index is 12.0. The first-order valence-electron chi connectivity index (χ1n) is 6.59. The molecule has 0 radical (unpaired) electrons. The number of likely N-dealkylation sites (tertiary alicyclic amines) is 1. The van der Waals surface area contributed by atoms with Crippen molar-refractivity contribution in [2.24, 2.45) is 0 Å². The van der Waals surface area contributed by atoms with Crippen molar-refractivity contribution in [2.45, 2.75) is 71.5 Å². The van der Waals surface area contributed by atoms with Crippen LogP contribution < -0.4 is 5.32 Å². The molecule has 2 atom stereocenters. The van der Waals surface area contributed by atoms with E-state index >= 15 is 0 Å². The van der Waals surface area contributed by atoms with Crippen molar-refractivity contribution in [2.75, 3.05) is 0 Å². The van der Waals surface area contributed by atoms with Gasteiger partial charge in [0.05, 0.1) is 12.5 Å². The third-order valence-electron chi connectivity index (χ3n) is 3.18. The summed E-state index contributed by atoms with van der Waals surface area (Å²) < 4.78 is 0. The lowest BCUT2D eigenvalue weighted by Gasteiger charge is -2.21. The molecule has 0 aliphatic carbocycles. The number of imide groups is 1. The van der Waals surface area contributed by atoms with E-state index in [1.165, 1.54) is 4.90 Å². The zero-order valence-corrected chi connectivity index (χ0v) is 11.3. The van der Waals surface area contributed by atoms with Crippen LogP contribution in [0, 0.1) is 0 Å². The maximum atomic E-state index is 12.0. The molecule has 2 amide bonds. The van der Waals surface area contributed by atoms with Crippen molar-refractivity contribution in [1.29, 1.82) is 0 Å². The van der Waals surface area contributed by atoms with Crippen LogP contribution in [-0.2, 0) is 9.59 Å². The fraction of sp³-hybridized carbons (Fsp3) is 0.846. The first kappa shape index (κ1) is 14.2. The van der Waals surface area contributed by atoms with Crippen molar-refractivity contribution in [1.82, 2.24) is 10.2 Å². The van der Waals surface area contributed by atoms with E-state index in [0.717, 1.165) is 19.3 Å². The highest BCUT2D eigenvalue weighted by Crippen LogP contribution is 2.17. The van der Waals surface area contributed by atoms with Crippen LogP contribution in [0.15, 0.2) is 0 Å². The summed E-state index contributed by atoms with van der Waals surface area (Å²) in [5.41, 5.74) is 0. The molecule has 0 spiro atoms. The van der Waals surface area contributed by atoms with Crippen LogP contribution in [0.2, 0.25) is 0 Å². The van der Waals surface area contributed by atoms with Crippen LogP contribution in [-0.4, -0.2) is 34.8 Å². The third-order valence-corrected chi connectivity index (χ3v) is 3.18. The number of hydrogen-bond acceptors (Lipinski definition) is 3. The van der Waals surface area contributed by atoms with E-state index in [4.69, 9.17) is 0 Å². The molecule has 2 unspecified atom stereocenters. The van der Waals surface area contributed by atoms with Crippen LogP contribution >= 0.6 is 0 Å². The Morgan fingerprint density at radius 3 is 2.47 bits per heavy atom. The summed E-state index contributed by atoms with van der Waals surface area (Å²) in [7, 11) is 0. The van der Waals surface area contributed by atoms with Gasteiger partial charge in [-0.25, -0.2) is 0 Å². The van der Waals surface area contributed by atoms with Gasteiger partial charge in [-0.15, -0.1) is 0 Å². The van der Waals surface area contributed by atoms with Crippen LogP contribution in [0.1, 0.15) is 53.4 Å². The second-order valence-corrected chi connectivity index (χ2v) is 5.16. The lowest BCUT2D eigenvalue weighted by atomic mass is 10.1. The summed E-state index contributed by atoms with van der Waals surface area (Å²) >= 11 is 0. The van der Waals surface area contributed by atoms with Gasteiger partial charge in [-0.05, 0) is 27.2 Å². The van der Waals surface area contributed by atoms with Gasteiger partial charge in [0.25, 0.3) is 0 Å². The molecule has 1 aliphatic heterocycles. The fourth-order valence-electron chi connectivity index (χ4n) is 2.26. The number of amides is 2. The molecule has 0 aromatic carbocycles. The number of nitrogens with zero attached hydrogens (tertiary/aromatic N) is 1. The van der Waals surface area contributed by atoms with Crippen LogP contribution in [0.5, 0.6) is 0 Å². The van der Waals surface area contributed by atoms with E-state index in [9.17, 15) is 9.59 Å². The molecule has 1 rings (SSSR count). The zero-order chi connectivity index (χ0) is 13.0. The van der Waals surface area contributed by atoms with E-state index in [0.29, 0.717) is 12.5 Å². The Morgan fingerprint density at radius 2 is 2.00 bits per heavy atom. The summed E-state index contributed by atoms with van der Waals surface area (Å²) in [5.74, 6) is -0.112. The molecule has 1 fully saturated rings. The van der Waals surface area contributed by atoms with E-state index in [2.05, 4.69) is 19.2 Å². The quantitative estimate of drug-likeness (QED) is 0.719. The lowest BCUT2D eigenvalue weighted by Crippen LogP contribution is -2.44. The lowest BCUT2D eigenvalue weighted by molar-refractivity contribution is -0.140. The smallest absolute Gasteiger partial charge is 0.247 e. The number of rotatable bonds is 6. The summed E-state index contributed by atoms with van der Waals surface area (Å²) in [4.78, 5) is 25.1. The van der Waals surface area contributed by atoms with Crippen molar-refractivity contribution in [3.05, 3.63) is 0 Å². The first-order valence-corrected chi connectivity index (χ1v) is 6.59. The van der Waals surface area contributed by atoms with E-state index in [1.807, 2.05) is 13.8 Å². The third kappa shape index (κ3) is 3.53. The molecular weight excluding hydrogens is 216 g/mol. The Hall–Kier alpha value is -0.900. The summed E-state index contributed by atoms with van der Waals surface area (Å²) in [6.45, 7) is 7.97. The van der Waals surface area contributed by atoms with Crippen LogP contribution in [0.3, 0.4) is 0 Å². The van der Waals surface area contributed by atoms with Crippen LogP contribution in [0.25, 0.3) is 0 Å². The van der Waals surface area contributed by atoms with E-state index < -0.39 is 0 Å². The molecule has 1 heterocycles. The Bertz CT molecular complexity index is 289. The van der Waals surface area contributed by atoms with E-state index in [-0.39, 0.29) is 23.9 Å². The minimum Gasteiger partial charge on any atom is -0.303 e. The number of hydrogen-bond donors (Lipinski definition) is 1. The van der Waals surface area contributed by atoms with Gasteiger partial charge < -0.3 is 5.32 Å². The molecule has 0 saturated carbocycles. The minimum atomic E-state index is -0.309. The average molecular weight is 240 g/mol. The van der Waals surface area contributed by atoms with Gasteiger partial charge in [-0.2, -0.15) is 0 Å². The molecule has 0 aromatic rings. The predicted octanol–water partition coefficient (Wildman–Crippen LogP) is 1.69. The predicted molar refractivity (Wildman–Crippen MR) is 67.5 cm³/mol. The second kappa shape index (κ2) is 6.15. The van der Waals surface area contributed by atoms with Gasteiger partial charge in [-0.1, -0.05) is 19.8 Å². The summed E-state index contributed by atoms with van der Waals surface area (Å²) in [6, 6.07) is -0.0479. The van der Waals surface area contributed by atoms with E-state index in [1.54, 1.807) is 0 Å². The SMILES string of the molecule is CCCCC(C)NC1CC(=O)N(C(C)C)C1=O. The average Bonchev–Trinajstić information content (AvgIpc) is 2.51. The number of carbonyl (C=O) groups is 2. The molecule has 4 heteroatoms. The number of nitrogens with one attached hydrogen (secondary N) is 1.